The van der Waals surface area contributed by atoms with Gasteiger partial charge in [0, 0.05) is 30.6 Å². The average Bonchev–Trinajstić information content (AvgIpc) is 2.95. The molecule has 2 aromatic carbocycles. The minimum Gasteiger partial charge on any atom is -0.453 e. The number of aryl methyl sites for hydroxylation is 1. The van der Waals surface area contributed by atoms with Gasteiger partial charge in [-0.15, -0.1) is 0 Å². The van der Waals surface area contributed by atoms with Crippen molar-refractivity contribution in [3.63, 3.8) is 0 Å². The highest BCUT2D eigenvalue weighted by molar-refractivity contribution is 5.83. The number of methoxy groups -OCH3 is 1. The van der Waals surface area contributed by atoms with Crippen LogP contribution < -0.4 is 4.90 Å². The van der Waals surface area contributed by atoms with Crippen LogP contribution in [0.3, 0.4) is 0 Å². The maximum absolute atomic E-state index is 13.5. The van der Waals surface area contributed by atoms with Gasteiger partial charge in [0.05, 0.1) is 30.3 Å². The first-order valence-corrected chi connectivity index (χ1v) is 14.4. The van der Waals surface area contributed by atoms with Crippen molar-refractivity contribution in [3.05, 3.63) is 70.3 Å². The van der Waals surface area contributed by atoms with E-state index in [1.165, 1.54) is 0 Å². The number of aromatic nitrogens is 1. The maximum atomic E-state index is 13.5. The van der Waals surface area contributed by atoms with Gasteiger partial charge in [-0.2, -0.15) is 26.3 Å². The van der Waals surface area contributed by atoms with Crippen LogP contribution in [0.2, 0.25) is 0 Å². The van der Waals surface area contributed by atoms with Crippen molar-refractivity contribution in [2.45, 2.75) is 79.8 Å². The molecule has 1 atom stereocenters. The van der Waals surface area contributed by atoms with E-state index in [-0.39, 0.29) is 18.2 Å². The number of pyridine rings is 1. The molecule has 1 aromatic heterocycles. The summed E-state index contributed by atoms with van der Waals surface area (Å²) in [4.78, 5) is 20.9. The molecule has 0 saturated heterocycles. The third-order valence-electron chi connectivity index (χ3n) is 6.84. The van der Waals surface area contributed by atoms with E-state index in [0.29, 0.717) is 42.5 Å². The van der Waals surface area contributed by atoms with Crippen LogP contribution in [0.1, 0.15) is 75.3 Å². The van der Waals surface area contributed by atoms with Crippen molar-refractivity contribution in [2.75, 3.05) is 25.1 Å². The van der Waals surface area contributed by atoms with Gasteiger partial charge >= 0.3 is 18.4 Å². The Morgan fingerprint density at radius 3 is 2.05 bits per heavy atom. The summed E-state index contributed by atoms with van der Waals surface area (Å²) in [5.41, 5.74) is -0.909. The van der Waals surface area contributed by atoms with E-state index >= 15 is 0 Å². The lowest BCUT2D eigenvalue weighted by atomic mass is 10.0. The second kappa shape index (κ2) is 15.3. The smallest absolute Gasteiger partial charge is 0.416 e. The number of rotatable bonds is 10. The molecule has 0 radical (unpaired) electrons. The summed E-state index contributed by atoms with van der Waals surface area (Å²) in [7, 11) is 1.11. The standard InChI is InChI=1S/C30H35F6N3O2.C2H6/c1-6-8-20(4)16-38(7-2)27-23(14-22-11-19(3)9-10-26(22)37-27)18-39(28(40)41-5)17-21-12-24(29(31,32)33)15-25(13-21)30(34,35)36;1-2/h9-15,20H,6-8,16-18H2,1-5H3;1-2H3. The zero-order chi connectivity index (χ0) is 32.5. The van der Waals surface area contributed by atoms with Crippen LogP contribution in [0.25, 0.3) is 10.9 Å². The fraction of sp³-hybridized carbons (Fsp3) is 0.500. The summed E-state index contributed by atoms with van der Waals surface area (Å²) in [5, 5.41) is 0.796. The van der Waals surface area contributed by atoms with Gasteiger partial charge in [0.2, 0.25) is 0 Å². The van der Waals surface area contributed by atoms with E-state index in [2.05, 4.69) is 18.7 Å². The Balaban J connectivity index is 0.00000316. The number of nitrogens with zero attached hydrogens (tertiary/aromatic N) is 3. The van der Waals surface area contributed by atoms with Crippen LogP contribution >= 0.6 is 0 Å². The molecule has 1 amide bonds. The van der Waals surface area contributed by atoms with Crippen molar-refractivity contribution < 1.29 is 35.9 Å². The number of alkyl halides is 6. The lowest BCUT2D eigenvalue weighted by Crippen LogP contribution is -2.33. The molecule has 0 bridgehead atoms. The molecule has 0 aliphatic carbocycles. The van der Waals surface area contributed by atoms with E-state index in [9.17, 15) is 31.1 Å². The Labute approximate surface area is 249 Å². The molecule has 5 nitrogen and oxygen atoms in total. The molecule has 0 aliphatic rings. The predicted molar refractivity (Wildman–Crippen MR) is 158 cm³/mol. The Hall–Kier alpha value is -3.50. The van der Waals surface area contributed by atoms with Gasteiger partial charge in [0.25, 0.3) is 0 Å². The Morgan fingerprint density at radius 2 is 1.53 bits per heavy atom. The van der Waals surface area contributed by atoms with Crippen LogP contribution in [-0.2, 0) is 30.2 Å². The van der Waals surface area contributed by atoms with Crippen LogP contribution in [-0.4, -0.2) is 36.2 Å². The molecule has 43 heavy (non-hydrogen) atoms. The minimum atomic E-state index is -5.00. The number of anilines is 1. The summed E-state index contributed by atoms with van der Waals surface area (Å²) in [5.74, 6) is 0.937. The molecule has 11 heteroatoms. The lowest BCUT2D eigenvalue weighted by Gasteiger charge is -2.30. The topological polar surface area (TPSA) is 45.7 Å². The summed E-state index contributed by atoms with van der Waals surface area (Å²) in [6.07, 6.45) is -8.91. The normalized spacial score (nSPS) is 12.4. The average molecular weight is 614 g/mol. The number of hydrogen-bond acceptors (Lipinski definition) is 4. The molecule has 1 unspecified atom stereocenters. The fourth-order valence-corrected chi connectivity index (χ4v) is 4.90. The molecule has 238 valence electrons. The maximum Gasteiger partial charge on any atom is 0.416 e. The van der Waals surface area contributed by atoms with Gasteiger partial charge in [-0.1, -0.05) is 45.7 Å². The number of halogens is 6. The van der Waals surface area contributed by atoms with E-state index in [1.54, 1.807) is 0 Å². The number of fused-ring (bicyclic) bond motifs is 1. The first kappa shape index (κ1) is 35.7. The highest BCUT2D eigenvalue weighted by Crippen LogP contribution is 2.37. The number of benzene rings is 2. The quantitative estimate of drug-likeness (QED) is 0.214. The van der Waals surface area contributed by atoms with Gasteiger partial charge in [-0.3, -0.25) is 4.90 Å². The van der Waals surface area contributed by atoms with Crippen molar-refractivity contribution in [2.24, 2.45) is 5.92 Å². The van der Waals surface area contributed by atoms with Crippen molar-refractivity contribution in [1.82, 2.24) is 9.88 Å². The molecule has 0 saturated carbocycles. The molecule has 3 aromatic rings. The zero-order valence-electron chi connectivity index (χ0n) is 25.8. The van der Waals surface area contributed by atoms with Crippen molar-refractivity contribution >= 4 is 22.8 Å². The van der Waals surface area contributed by atoms with Crippen LogP contribution in [0.5, 0.6) is 0 Å². The van der Waals surface area contributed by atoms with Crippen LogP contribution in [0.4, 0.5) is 37.0 Å². The first-order valence-electron chi connectivity index (χ1n) is 14.4. The van der Waals surface area contributed by atoms with Gasteiger partial charge in [0.1, 0.15) is 5.82 Å². The first-order chi connectivity index (χ1) is 20.2. The highest BCUT2D eigenvalue weighted by Gasteiger charge is 2.37. The molecule has 0 N–H and O–H groups in total. The van der Waals surface area contributed by atoms with Gasteiger partial charge in [0.15, 0.2) is 0 Å². The molecule has 0 aliphatic heterocycles. The number of ether oxygens (including phenoxy) is 1. The molecule has 3 rings (SSSR count). The molecular weight excluding hydrogens is 572 g/mol. The van der Waals surface area contributed by atoms with Gasteiger partial charge < -0.3 is 9.64 Å². The largest absolute Gasteiger partial charge is 0.453 e. The van der Waals surface area contributed by atoms with Crippen molar-refractivity contribution in [1.29, 1.82) is 0 Å². The predicted octanol–water partition coefficient (Wildman–Crippen LogP) is 9.64. The van der Waals surface area contributed by atoms with Crippen LogP contribution in [0, 0.1) is 12.8 Å². The summed E-state index contributed by atoms with van der Waals surface area (Å²) in [6.45, 7) is 12.7. The second-order valence-electron chi connectivity index (χ2n) is 10.3. The SMILES string of the molecule is CC.CCCC(C)CN(CC)c1nc2ccc(C)cc2cc1CN(Cc1cc(C(F)(F)F)cc(C(F)(F)F)c1)C(=O)OC. The third kappa shape index (κ3) is 9.76. The number of amides is 1. The zero-order valence-corrected chi connectivity index (χ0v) is 25.8. The van der Waals surface area contributed by atoms with E-state index in [4.69, 9.17) is 9.72 Å². The highest BCUT2D eigenvalue weighted by atomic mass is 19.4. The van der Waals surface area contributed by atoms with Gasteiger partial charge in [-0.25, -0.2) is 9.78 Å². The molecular formula is C32H41F6N3O2. The molecule has 1 heterocycles. The Bertz CT molecular complexity index is 1330. The lowest BCUT2D eigenvalue weighted by molar-refractivity contribution is -0.143. The van der Waals surface area contributed by atoms with Gasteiger partial charge in [-0.05, 0) is 68.1 Å². The number of hydrogen-bond donors (Lipinski definition) is 0. The number of carbonyl (C=O) groups is 1. The van der Waals surface area contributed by atoms with E-state index in [0.717, 1.165) is 41.3 Å². The van der Waals surface area contributed by atoms with Crippen LogP contribution in [0.15, 0.2) is 42.5 Å². The molecule has 0 spiro atoms. The Kier molecular flexibility index (Phi) is 12.7. The Morgan fingerprint density at radius 1 is 0.930 bits per heavy atom. The summed E-state index contributed by atoms with van der Waals surface area (Å²) < 4.78 is 85.8. The summed E-state index contributed by atoms with van der Waals surface area (Å²) in [6, 6.07) is 8.92. The monoisotopic (exact) mass is 613 g/mol. The second-order valence-corrected chi connectivity index (χ2v) is 10.3. The van der Waals surface area contributed by atoms with E-state index < -0.39 is 36.1 Å². The summed E-state index contributed by atoms with van der Waals surface area (Å²) >= 11 is 0. The molecule has 0 fully saturated rings. The minimum absolute atomic E-state index is 0.0657. The third-order valence-corrected chi connectivity index (χ3v) is 6.84. The fourth-order valence-electron chi connectivity index (χ4n) is 4.90. The number of carbonyl (C=O) groups excluding carboxylic acids is 1. The van der Waals surface area contributed by atoms with E-state index in [1.807, 2.05) is 52.0 Å². The van der Waals surface area contributed by atoms with Crippen molar-refractivity contribution in [3.8, 4) is 0 Å².